The third-order valence-corrected chi connectivity index (χ3v) is 3.39. The lowest BCUT2D eigenvalue weighted by molar-refractivity contribution is 0.0958. The van der Waals surface area contributed by atoms with Gasteiger partial charge in [-0.25, -0.2) is 0 Å². The lowest BCUT2D eigenvalue weighted by atomic mass is 9.92. The Morgan fingerprint density at radius 3 is 2.38 bits per heavy atom. The number of para-hydroxylation sites is 1. The van der Waals surface area contributed by atoms with Gasteiger partial charge in [-0.2, -0.15) is 0 Å². The fraction of sp³-hybridized carbons (Fsp3) is 0.278. The third-order valence-electron chi connectivity index (χ3n) is 3.39. The van der Waals surface area contributed by atoms with E-state index in [-0.39, 0.29) is 11.7 Å². The lowest BCUT2D eigenvalue weighted by Crippen LogP contribution is -2.13. The SMILES string of the molecule is COCCOc1ccccc1C(=O)C(C)c1ccccc1. The number of ether oxygens (including phenoxy) is 2. The van der Waals surface area contributed by atoms with Crippen LogP contribution in [0.3, 0.4) is 0 Å². The standard InChI is InChI=1S/C18H20O3/c1-14(15-8-4-3-5-9-15)18(19)16-10-6-7-11-17(16)21-13-12-20-2/h3-11,14H,12-13H2,1-2H3. The Hall–Kier alpha value is -2.13. The van der Waals surface area contributed by atoms with Gasteiger partial charge in [-0.3, -0.25) is 4.79 Å². The number of hydrogen-bond acceptors (Lipinski definition) is 3. The Morgan fingerprint density at radius 1 is 1.00 bits per heavy atom. The lowest BCUT2D eigenvalue weighted by Gasteiger charge is -2.14. The van der Waals surface area contributed by atoms with E-state index in [1.165, 1.54) is 0 Å². The zero-order chi connectivity index (χ0) is 15.1. The van der Waals surface area contributed by atoms with Crippen LogP contribution in [0.1, 0.15) is 28.8 Å². The largest absolute Gasteiger partial charge is 0.490 e. The molecule has 0 N–H and O–H groups in total. The minimum Gasteiger partial charge on any atom is -0.490 e. The Bertz CT molecular complexity index is 578. The minimum absolute atomic E-state index is 0.0641. The van der Waals surface area contributed by atoms with Gasteiger partial charge in [0.15, 0.2) is 5.78 Å². The van der Waals surface area contributed by atoms with Crippen molar-refractivity contribution in [2.75, 3.05) is 20.3 Å². The molecule has 1 atom stereocenters. The minimum atomic E-state index is -0.196. The number of carbonyl (C=O) groups excluding carboxylic acids is 1. The predicted molar refractivity (Wildman–Crippen MR) is 83.0 cm³/mol. The average Bonchev–Trinajstić information content (AvgIpc) is 2.55. The monoisotopic (exact) mass is 284 g/mol. The van der Waals surface area contributed by atoms with Crippen LogP contribution in [0, 0.1) is 0 Å². The topological polar surface area (TPSA) is 35.5 Å². The molecule has 0 radical (unpaired) electrons. The summed E-state index contributed by atoms with van der Waals surface area (Å²) in [6.45, 7) is 2.85. The number of hydrogen-bond donors (Lipinski definition) is 0. The maximum atomic E-state index is 12.7. The molecule has 0 aliphatic heterocycles. The Balaban J connectivity index is 2.19. The zero-order valence-corrected chi connectivity index (χ0v) is 12.4. The van der Waals surface area contributed by atoms with E-state index in [0.717, 1.165) is 5.56 Å². The molecule has 2 aromatic rings. The van der Waals surface area contributed by atoms with Crippen LogP contribution in [-0.4, -0.2) is 26.1 Å². The second kappa shape index (κ2) is 7.60. The van der Waals surface area contributed by atoms with Gasteiger partial charge in [0.2, 0.25) is 0 Å². The molecule has 0 aliphatic rings. The number of methoxy groups -OCH3 is 1. The first-order valence-electron chi connectivity index (χ1n) is 7.04. The molecule has 0 aliphatic carbocycles. The molecule has 3 heteroatoms. The normalized spacial score (nSPS) is 11.9. The van der Waals surface area contributed by atoms with Crippen molar-refractivity contribution in [3.63, 3.8) is 0 Å². The summed E-state index contributed by atoms with van der Waals surface area (Å²) in [5.74, 6) is 0.481. The zero-order valence-electron chi connectivity index (χ0n) is 12.4. The van der Waals surface area contributed by atoms with Crippen LogP contribution in [0.25, 0.3) is 0 Å². The van der Waals surface area contributed by atoms with Gasteiger partial charge in [0.25, 0.3) is 0 Å². The maximum absolute atomic E-state index is 12.7. The van der Waals surface area contributed by atoms with E-state index in [2.05, 4.69) is 0 Å². The first-order chi connectivity index (χ1) is 10.2. The van der Waals surface area contributed by atoms with Crippen molar-refractivity contribution in [3.8, 4) is 5.75 Å². The van der Waals surface area contributed by atoms with Crippen LogP contribution in [0.5, 0.6) is 5.75 Å². The highest BCUT2D eigenvalue weighted by Gasteiger charge is 2.20. The van der Waals surface area contributed by atoms with E-state index in [1.807, 2.05) is 61.5 Å². The summed E-state index contributed by atoms with van der Waals surface area (Å²) in [4.78, 5) is 12.7. The summed E-state index contributed by atoms with van der Waals surface area (Å²) in [6.07, 6.45) is 0. The van der Waals surface area contributed by atoms with E-state index < -0.39 is 0 Å². The highest BCUT2D eigenvalue weighted by Crippen LogP contribution is 2.26. The third kappa shape index (κ3) is 3.92. The summed E-state index contributed by atoms with van der Waals surface area (Å²) in [5.41, 5.74) is 1.62. The van der Waals surface area contributed by atoms with Gasteiger partial charge in [0.05, 0.1) is 12.2 Å². The summed E-state index contributed by atoms with van der Waals surface area (Å²) in [7, 11) is 1.62. The molecule has 0 aromatic heterocycles. The predicted octanol–water partition coefficient (Wildman–Crippen LogP) is 3.70. The van der Waals surface area contributed by atoms with Gasteiger partial charge in [0, 0.05) is 13.0 Å². The van der Waals surface area contributed by atoms with Gasteiger partial charge in [-0.1, -0.05) is 49.4 Å². The van der Waals surface area contributed by atoms with Crippen LogP contribution < -0.4 is 4.74 Å². The fourth-order valence-corrected chi connectivity index (χ4v) is 2.16. The quantitative estimate of drug-likeness (QED) is 0.574. The van der Waals surface area contributed by atoms with Crippen molar-refractivity contribution in [2.24, 2.45) is 0 Å². The van der Waals surface area contributed by atoms with Crippen molar-refractivity contribution >= 4 is 5.78 Å². The second-order valence-corrected chi connectivity index (χ2v) is 4.83. The molecule has 110 valence electrons. The van der Waals surface area contributed by atoms with Gasteiger partial charge in [-0.15, -0.1) is 0 Å². The molecule has 1 unspecified atom stereocenters. The van der Waals surface area contributed by atoms with Gasteiger partial charge >= 0.3 is 0 Å². The van der Waals surface area contributed by atoms with Gasteiger partial charge in [0.1, 0.15) is 12.4 Å². The molecular weight excluding hydrogens is 264 g/mol. The molecule has 0 bridgehead atoms. The first-order valence-corrected chi connectivity index (χ1v) is 7.04. The smallest absolute Gasteiger partial charge is 0.173 e. The molecule has 0 amide bonds. The van der Waals surface area contributed by atoms with E-state index in [4.69, 9.17) is 9.47 Å². The molecule has 0 saturated carbocycles. The number of benzene rings is 2. The van der Waals surface area contributed by atoms with E-state index >= 15 is 0 Å². The molecule has 21 heavy (non-hydrogen) atoms. The van der Waals surface area contributed by atoms with Crippen LogP contribution in [0.15, 0.2) is 54.6 Å². The van der Waals surface area contributed by atoms with Crippen LogP contribution in [-0.2, 0) is 4.74 Å². The van der Waals surface area contributed by atoms with Gasteiger partial charge < -0.3 is 9.47 Å². The van der Waals surface area contributed by atoms with Crippen molar-refractivity contribution in [3.05, 3.63) is 65.7 Å². The summed E-state index contributed by atoms with van der Waals surface area (Å²) in [6, 6.07) is 17.1. The highest BCUT2D eigenvalue weighted by atomic mass is 16.5. The number of Topliss-reactive ketones (excluding diaryl/α,β-unsaturated/α-hetero) is 1. The van der Waals surface area contributed by atoms with Crippen molar-refractivity contribution in [1.82, 2.24) is 0 Å². The van der Waals surface area contributed by atoms with Crippen LogP contribution in [0.4, 0.5) is 0 Å². The second-order valence-electron chi connectivity index (χ2n) is 4.83. The highest BCUT2D eigenvalue weighted by molar-refractivity contribution is 6.02. The summed E-state index contributed by atoms with van der Waals surface area (Å²) < 4.78 is 10.6. The average molecular weight is 284 g/mol. The van der Waals surface area contributed by atoms with Crippen LogP contribution >= 0.6 is 0 Å². The molecule has 2 rings (SSSR count). The molecule has 0 spiro atoms. The van der Waals surface area contributed by atoms with E-state index in [1.54, 1.807) is 7.11 Å². The fourth-order valence-electron chi connectivity index (χ4n) is 2.16. The Labute approximate surface area is 125 Å². The van der Waals surface area contributed by atoms with Crippen molar-refractivity contribution in [2.45, 2.75) is 12.8 Å². The van der Waals surface area contributed by atoms with Crippen molar-refractivity contribution in [1.29, 1.82) is 0 Å². The van der Waals surface area contributed by atoms with E-state index in [0.29, 0.717) is 24.5 Å². The number of rotatable bonds is 7. The number of carbonyl (C=O) groups is 1. The van der Waals surface area contributed by atoms with Crippen molar-refractivity contribution < 1.29 is 14.3 Å². The summed E-state index contributed by atoms with van der Waals surface area (Å²) in [5, 5.41) is 0. The molecular formula is C18H20O3. The maximum Gasteiger partial charge on any atom is 0.173 e. The molecule has 3 nitrogen and oxygen atoms in total. The molecule has 0 fully saturated rings. The summed E-state index contributed by atoms with van der Waals surface area (Å²) >= 11 is 0. The Morgan fingerprint density at radius 2 is 1.67 bits per heavy atom. The Kier molecular flexibility index (Phi) is 5.52. The molecule has 2 aromatic carbocycles. The van der Waals surface area contributed by atoms with Gasteiger partial charge in [-0.05, 0) is 17.7 Å². The van der Waals surface area contributed by atoms with E-state index in [9.17, 15) is 4.79 Å². The molecule has 0 saturated heterocycles. The van der Waals surface area contributed by atoms with Crippen LogP contribution in [0.2, 0.25) is 0 Å². The molecule has 0 heterocycles. The first kappa shape index (κ1) is 15.3. The number of ketones is 1.